The summed E-state index contributed by atoms with van der Waals surface area (Å²) in [5, 5.41) is 11.5. The molecule has 0 aliphatic carbocycles. The first-order valence-corrected chi connectivity index (χ1v) is 4.59. The molecule has 66 valence electrons. The lowest BCUT2D eigenvalue weighted by atomic mass is 10.4. The number of rotatable bonds is 2. The highest BCUT2D eigenvalue weighted by atomic mass is 32.1. The maximum atomic E-state index is 8.81. The van der Waals surface area contributed by atoms with E-state index in [0.717, 1.165) is 10.6 Å². The molecule has 0 spiro atoms. The average molecular weight is 193 g/mol. The van der Waals surface area contributed by atoms with Gasteiger partial charge in [-0.15, -0.1) is 11.3 Å². The maximum Gasteiger partial charge on any atom is 0.126 e. The van der Waals surface area contributed by atoms with Crippen molar-refractivity contribution in [1.29, 1.82) is 0 Å². The Balaban J connectivity index is 2.36. The fraction of sp³-hybridized carbons (Fsp3) is 0.125. The Morgan fingerprint density at radius 2 is 2.08 bits per heavy atom. The Morgan fingerprint density at radius 1 is 1.31 bits per heavy atom. The molecule has 5 heteroatoms. The maximum absolute atomic E-state index is 8.81. The molecular weight excluding hydrogens is 186 g/mol. The van der Waals surface area contributed by atoms with Gasteiger partial charge in [-0.1, -0.05) is 0 Å². The Hall–Kier alpha value is -1.33. The van der Waals surface area contributed by atoms with E-state index in [9.17, 15) is 0 Å². The second-order valence-electron chi connectivity index (χ2n) is 2.43. The second kappa shape index (κ2) is 3.59. The van der Waals surface area contributed by atoms with Crippen molar-refractivity contribution in [3.63, 3.8) is 0 Å². The molecule has 0 bridgehead atoms. The molecule has 2 rings (SSSR count). The van der Waals surface area contributed by atoms with Crippen molar-refractivity contribution < 1.29 is 5.11 Å². The number of aliphatic hydroxyl groups excluding tert-OH is 1. The van der Waals surface area contributed by atoms with Crippen LogP contribution in [-0.2, 0) is 6.61 Å². The van der Waals surface area contributed by atoms with Crippen molar-refractivity contribution in [3.8, 4) is 10.6 Å². The molecule has 2 heterocycles. The Kier molecular flexibility index (Phi) is 2.29. The molecule has 2 aromatic heterocycles. The van der Waals surface area contributed by atoms with Gasteiger partial charge in [-0.2, -0.15) is 0 Å². The van der Waals surface area contributed by atoms with Gasteiger partial charge in [-0.3, -0.25) is 0 Å². The first-order valence-electron chi connectivity index (χ1n) is 3.71. The zero-order valence-corrected chi connectivity index (χ0v) is 7.53. The van der Waals surface area contributed by atoms with Gasteiger partial charge in [0, 0.05) is 23.3 Å². The third-order valence-corrected chi connectivity index (χ3v) is 2.46. The number of thiazole rings is 1. The van der Waals surface area contributed by atoms with Crippen LogP contribution in [0.15, 0.2) is 24.1 Å². The zero-order valence-electron chi connectivity index (χ0n) is 6.71. The minimum Gasteiger partial charge on any atom is -0.390 e. The minimum absolute atomic E-state index is 0.0236. The SMILES string of the molecule is OCc1csc(-c2cncnc2)n1. The van der Waals surface area contributed by atoms with Gasteiger partial charge in [0.2, 0.25) is 0 Å². The summed E-state index contributed by atoms with van der Waals surface area (Å²) in [6, 6.07) is 0. The van der Waals surface area contributed by atoms with E-state index >= 15 is 0 Å². The van der Waals surface area contributed by atoms with Gasteiger partial charge < -0.3 is 5.11 Å². The molecule has 0 fully saturated rings. The lowest BCUT2D eigenvalue weighted by Crippen LogP contribution is -1.84. The van der Waals surface area contributed by atoms with E-state index in [1.807, 2.05) is 5.38 Å². The zero-order chi connectivity index (χ0) is 9.10. The highest BCUT2D eigenvalue weighted by Gasteiger charge is 2.03. The van der Waals surface area contributed by atoms with Crippen LogP contribution in [-0.4, -0.2) is 20.1 Å². The summed E-state index contributed by atoms with van der Waals surface area (Å²) in [7, 11) is 0. The second-order valence-corrected chi connectivity index (χ2v) is 3.29. The third-order valence-electron chi connectivity index (χ3n) is 1.52. The number of aliphatic hydroxyl groups is 1. The molecule has 13 heavy (non-hydrogen) atoms. The van der Waals surface area contributed by atoms with Crippen molar-refractivity contribution >= 4 is 11.3 Å². The van der Waals surface area contributed by atoms with E-state index in [4.69, 9.17) is 5.11 Å². The van der Waals surface area contributed by atoms with Crippen molar-refractivity contribution in [2.75, 3.05) is 0 Å². The first-order chi connectivity index (χ1) is 6.40. The van der Waals surface area contributed by atoms with Gasteiger partial charge in [0.15, 0.2) is 0 Å². The molecule has 0 aliphatic heterocycles. The predicted molar refractivity (Wildman–Crippen MR) is 49.1 cm³/mol. The van der Waals surface area contributed by atoms with Crippen molar-refractivity contribution in [3.05, 3.63) is 29.8 Å². The fourth-order valence-electron chi connectivity index (χ4n) is 0.922. The van der Waals surface area contributed by atoms with Crippen LogP contribution in [0.5, 0.6) is 0 Å². The van der Waals surface area contributed by atoms with Crippen LogP contribution in [0.3, 0.4) is 0 Å². The van der Waals surface area contributed by atoms with Crippen LogP contribution in [0.4, 0.5) is 0 Å². The van der Waals surface area contributed by atoms with Crippen molar-refractivity contribution in [1.82, 2.24) is 15.0 Å². The van der Waals surface area contributed by atoms with Gasteiger partial charge in [-0.05, 0) is 0 Å². The van der Waals surface area contributed by atoms with E-state index in [1.165, 1.54) is 17.7 Å². The number of aromatic nitrogens is 3. The van der Waals surface area contributed by atoms with Crippen LogP contribution >= 0.6 is 11.3 Å². The molecule has 0 aromatic carbocycles. The molecule has 0 unspecified atom stereocenters. The van der Waals surface area contributed by atoms with Crippen LogP contribution < -0.4 is 0 Å². The lowest BCUT2D eigenvalue weighted by molar-refractivity contribution is 0.278. The normalized spacial score (nSPS) is 10.2. The Morgan fingerprint density at radius 3 is 2.69 bits per heavy atom. The summed E-state index contributed by atoms with van der Waals surface area (Å²) in [5.74, 6) is 0. The molecule has 0 saturated carbocycles. The molecule has 0 radical (unpaired) electrons. The summed E-state index contributed by atoms with van der Waals surface area (Å²) < 4.78 is 0. The van der Waals surface area contributed by atoms with Gasteiger partial charge >= 0.3 is 0 Å². The van der Waals surface area contributed by atoms with E-state index in [2.05, 4.69) is 15.0 Å². The topological polar surface area (TPSA) is 58.9 Å². The van der Waals surface area contributed by atoms with Gasteiger partial charge in [-0.25, -0.2) is 15.0 Å². The number of nitrogens with zero attached hydrogens (tertiary/aromatic N) is 3. The smallest absolute Gasteiger partial charge is 0.126 e. The van der Waals surface area contributed by atoms with E-state index in [0.29, 0.717) is 5.69 Å². The van der Waals surface area contributed by atoms with Gasteiger partial charge in [0.25, 0.3) is 0 Å². The highest BCUT2D eigenvalue weighted by molar-refractivity contribution is 7.13. The van der Waals surface area contributed by atoms with E-state index in [-0.39, 0.29) is 6.61 Å². The molecule has 0 saturated heterocycles. The van der Waals surface area contributed by atoms with Crippen LogP contribution in [0.25, 0.3) is 10.6 Å². The number of hydrogen-bond donors (Lipinski definition) is 1. The van der Waals surface area contributed by atoms with Crippen LogP contribution in [0, 0.1) is 0 Å². The monoisotopic (exact) mass is 193 g/mol. The van der Waals surface area contributed by atoms with Gasteiger partial charge in [0.1, 0.15) is 11.3 Å². The third kappa shape index (κ3) is 1.71. The Labute approximate surface area is 78.9 Å². The average Bonchev–Trinajstić information content (AvgIpc) is 2.67. The molecule has 0 amide bonds. The first kappa shape index (κ1) is 8.28. The summed E-state index contributed by atoms with van der Waals surface area (Å²) in [6.45, 7) is -0.0236. The van der Waals surface area contributed by atoms with Crippen LogP contribution in [0.1, 0.15) is 5.69 Å². The fourth-order valence-corrected chi connectivity index (χ4v) is 1.71. The predicted octanol–water partition coefficient (Wildman–Crippen LogP) is 1.09. The summed E-state index contributed by atoms with van der Waals surface area (Å²) in [6.07, 6.45) is 4.88. The standard InChI is InChI=1S/C8H7N3OS/c12-3-7-4-13-8(11-7)6-1-9-5-10-2-6/h1-2,4-5,12H,3H2. The highest BCUT2D eigenvalue weighted by Crippen LogP contribution is 2.21. The molecule has 0 aliphatic rings. The van der Waals surface area contributed by atoms with E-state index in [1.54, 1.807) is 12.4 Å². The summed E-state index contributed by atoms with van der Waals surface area (Å²) >= 11 is 1.48. The Bertz CT molecular complexity index is 387. The molecule has 2 aromatic rings. The molecule has 1 N–H and O–H groups in total. The molecule has 4 nitrogen and oxygen atoms in total. The van der Waals surface area contributed by atoms with Crippen molar-refractivity contribution in [2.45, 2.75) is 6.61 Å². The van der Waals surface area contributed by atoms with Gasteiger partial charge in [0.05, 0.1) is 12.3 Å². The van der Waals surface area contributed by atoms with Crippen LogP contribution in [0.2, 0.25) is 0 Å². The largest absolute Gasteiger partial charge is 0.390 e. The summed E-state index contributed by atoms with van der Waals surface area (Å²) in [4.78, 5) is 12.0. The minimum atomic E-state index is -0.0236. The molecule has 0 atom stereocenters. The van der Waals surface area contributed by atoms with E-state index < -0.39 is 0 Å². The number of hydrogen-bond acceptors (Lipinski definition) is 5. The molecular formula is C8H7N3OS. The van der Waals surface area contributed by atoms with Crippen molar-refractivity contribution in [2.24, 2.45) is 0 Å². The summed E-state index contributed by atoms with van der Waals surface area (Å²) in [5.41, 5.74) is 1.57. The quantitative estimate of drug-likeness (QED) is 0.775. The lowest BCUT2D eigenvalue weighted by Gasteiger charge is -1.91.